The van der Waals surface area contributed by atoms with E-state index < -0.39 is 6.04 Å². The topological polar surface area (TPSA) is 100 Å². The zero-order valence-electron chi connectivity index (χ0n) is 21.5. The minimum absolute atomic E-state index is 0.0110. The number of rotatable bonds is 8. The van der Waals surface area contributed by atoms with Gasteiger partial charge in [0, 0.05) is 56.9 Å². The molecule has 0 radical (unpaired) electrons. The molecule has 1 aliphatic rings. The molecule has 1 aliphatic heterocycles. The van der Waals surface area contributed by atoms with Crippen molar-refractivity contribution in [1.82, 2.24) is 24.8 Å². The summed E-state index contributed by atoms with van der Waals surface area (Å²) in [6, 6.07) is 19.5. The second kappa shape index (κ2) is 11.4. The van der Waals surface area contributed by atoms with Gasteiger partial charge in [-0.15, -0.1) is 11.3 Å². The summed E-state index contributed by atoms with van der Waals surface area (Å²) < 4.78 is 6.26. The molecule has 4 heterocycles. The fraction of sp³-hybridized carbons (Fsp3) is 0.233. The van der Waals surface area contributed by atoms with E-state index in [0.717, 1.165) is 52.4 Å². The van der Waals surface area contributed by atoms with Crippen molar-refractivity contribution in [2.75, 3.05) is 26.2 Å². The van der Waals surface area contributed by atoms with Gasteiger partial charge in [-0.3, -0.25) is 14.7 Å². The number of nitrogens with two attached hydrogens (primary N) is 1. The molecule has 1 saturated heterocycles. The Morgan fingerprint density at radius 2 is 1.82 bits per heavy atom. The number of aromatic amines is 1. The van der Waals surface area contributed by atoms with Crippen molar-refractivity contribution in [2.24, 2.45) is 5.73 Å². The molecule has 0 aliphatic carbocycles. The fourth-order valence-corrected chi connectivity index (χ4v) is 5.66. The third-order valence-corrected chi connectivity index (χ3v) is 7.90. The molecule has 3 N–H and O–H groups in total. The fourth-order valence-electron chi connectivity index (χ4n) is 5.02. The van der Waals surface area contributed by atoms with Crippen LogP contribution in [0, 0.1) is 0 Å². The van der Waals surface area contributed by atoms with Gasteiger partial charge in [0.05, 0.1) is 21.8 Å². The standard InChI is InChI=1S/C30H30N6O2S/c31-25(30(37)36-14-12-35(13-15-36)19-22-4-2-1-3-5-22)16-21-6-8-23(9-7-21)38-26-10-11-33-29-28(26)24(17-34-29)27-18-32-20-39-27/h1-11,17-18,20,25H,12-16,19,31H2,(H,33,34). The van der Waals surface area contributed by atoms with Crippen molar-refractivity contribution in [3.05, 3.63) is 95.9 Å². The molecule has 0 spiro atoms. The van der Waals surface area contributed by atoms with Crippen molar-refractivity contribution in [3.8, 4) is 21.9 Å². The lowest BCUT2D eigenvalue weighted by molar-refractivity contribution is -0.134. The van der Waals surface area contributed by atoms with Gasteiger partial charge >= 0.3 is 0 Å². The monoisotopic (exact) mass is 538 g/mol. The molecule has 1 fully saturated rings. The predicted octanol–water partition coefficient (Wildman–Crippen LogP) is 4.69. The number of nitrogens with one attached hydrogen (secondary N) is 1. The summed E-state index contributed by atoms with van der Waals surface area (Å²) in [6.07, 6.45) is 5.98. The minimum atomic E-state index is -0.570. The largest absolute Gasteiger partial charge is 0.457 e. The normalized spacial score (nSPS) is 14.9. The average Bonchev–Trinajstić information content (AvgIpc) is 3.65. The van der Waals surface area contributed by atoms with Crippen LogP contribution in [-0.2, 0) is 17.8 Å². The number of piperazine rings is 1. The molecule has 0 bridgehead atoms. The second-order valence-corrected chi connectivity index (χ2v) is 10.6. The summed E-state index contributed by atoms with van der Waals surface area (Å²) in [5.41, 5.74) is 12.2. The van der Waals surface area contributed by atoms with Crippen LogP contribution in [0.3, 0.4) is 0 Å². The minimum Gasteiger partial charge on any atom is -0.457 e. The van der Waals surface area contributed by atoms with E-state index in [1.54, 1.807) is 17.5 Å². The third-order valence-electron chi connectivity index (χ3n) is 7.09. The van der Waals surface area contributed by atoms with Gasteiger partial charge in [-0.25, -0.2) is 4.98 Å². The zero-order chi connectivity index (χ0) is 26.6. The molecule has 1 unspecified atom stereocenters. The molecular formula is C30H30N6O2S. The van der Waals surface area contributed by atoms with Crippen LogP contribution in [0.5, 0.6) is 11.5 Å². The Labute approximate surface area is 231 Å². The van der Waals surface area contributed by atoms with Crippen molar-refractivity contribution >= 4 is 28.3 Å². The first-order chi connectivity index (χ1) is 19.1. The Balaban J connectivity index is 1.06. The highest BCUT2D eigenvalue weighted by Crippen LogP contribution is 2.37. The van der Waals surface area contributed by atoms with Crippen molar-refractivity contribution in [2.45, 2.75) is 19.0 Å². The second-order valence-electron chi connectivity index (χ2n) is 9.74. The molecule has 1 amide bonds. The van der Waals surface area contributed by atoms with Gasteiger partial charge in [-0.05, 0) is 35.7 Å². The molecule has 0 saturated carbocycles. The van der Waals surface area contributed by atoms with Gasteiger partial charge in [0.2, 0.25) is 5.91 Å². The first-order valence-electron chi connectivity index (χ1n) is 13.1. The number of hydrogen-bond acceptors (Lipinski definition) is 7. The Kier molecular flexibility index (Phi) is 7.36. The van der Waals surface area contributed by atoms with Crippen LogP contribution >= 0.6 is 11.3 Å². The lowest BCUT2D eigenvalue weighted by Crippen LogP contribution is -2.53. The lowest BCUT2D eigenvalue weighted by atomic mass is 10.0. The molecule has 8 nitrogen and oxygen atoms in total. The smallest absolute Gasteiger partial charge is 0.239 e. The first kappa shape index (κ1) is 25.2. The molecule has 198 valence electrons. The number of fused-ring (bicyclic) bond motifs is 1. The lowest BCUT2D eigenvalue weighted by Gasteiger charge is -2.36. The van der Waals surface area contributed by atoms with Gasteiger partial charge in [0.15, 0.2) is 0 Å². The van der Waals surface area contributed by atoms with Crippen LogP contribution < -0.4 is 10.5 Å². The predicted molar refractivity (Wildman–Crippen MR) is 154 cm³/mol. The van der Waals surface area contributed by atoms with Crippen molar-refractivity contribution in [1.29, 1.82) is 0 Å². The van der Waals surface area contributed by atoms with E-state index in [-0.39, 0.29) is 5.91 Å². The first-order valence-corrected chi connectivity index (χ1v) is 13.9. The van der Waals surface area contributed by atoms with E-state index in [9.17, 15) is 4.79 Å². The van der Waals surface area contributed by atoms with Gasteiger partial charge in [0.1, 0.15) is 17.1 Å². The summed E-state index contributed by atoms with van der Waals surface area (Å²) in [4.78, 5) is 30.2. The third kappa shape index (κ3) is 5.70. The van der Waals surface area contributed by atoms with Crippen molar-refractivity contribution < 1.29 is 9.53 Å². The number of aromatic nitrogens is 3. The average molecular weight is 539 g/mol. The molecule has 9 heteroatoms. The van der Waals surface area contributed by atoms with E-state index in [4.69, 9.17) is 10.5 Å². The highest BCUT2D eigenvalue weighted by atomic mass is 32.1. The highest BCUT2D eigenvalue weighted by molar-refractivity contribution is 7.13. The maximum atomic E-state index is 13.0. The van der Waals surface area contributed by atoms with Gasteiger partial charge in [-0.1, -0.05) is 42.5 Å². The number of thiazole rings is 1. The van der Waals surface area contributed by atoms with Gasteiger partial charge in [-0.2, -0.15) is 0 Å². The van der Waals surface area contributed by atoms with E-state index >= 15 is 0 Å². The Morgan fingerprint density at radius 3 is 2.56 bits per heavy atom. The SMILES string of the molecule is NC(Cc1ccc(Oc2ccnc3[nH]cc(-c4cncs4)c23)cc1)C(=O)N1CCN(Cc2ccccc2)CC1. The molecule has 3 aromatic heterocycles. The van der Waals surface area contributed by atoms with Crippen LogP contribution in [0.15, 0.2) is 84.8 Å². The highest BCUT2D eigenvalue weighted by Gasteiger charge is 2.25. The van der Waals surface area contributed by atoms with E-state index in [2.05, 4.69) is 44.1 Å². The number of benzene rings is 2. The number of ether oxygens (including phenoxy) is 1. The quantitative estimate of drug-likeness (QED) is 0.297. The van der Waals surface area contributed by atoms with E-state index in [1.807, 2.05) is 59.2 Å². The van der Waals surface area contributed by atoms with Crippen molar-refractivity contribution in [3.63, 3.8) is 0 Å². The summed E-state index contributed by atoms with van der Waals surface area (Å²) >= 11 is 1.57. The Bertz CT molecular complexity index is 1530. The number of hydrogen-bond donors (Lipinski definition) is 2. The number of carbonyl (C=O) groups excluding carboxylic acids is 1. The Hall–Kier alpha value is -4.05. The molecule has 6 rings (SSSR count). The van der Waals surface area contributed by atoms with Crippen LogP contribution in [0.2, 0.25) is 0 Å². The number of H-pyrrole nitrogens is 1. The van der Waals surface area contributed by atoms with Crippen LogP contribution in [-0.4, -0.2) is 62.9 Å². The summed E-state index contributed by atoms with van der Waals surface area (Å²) in [5.74, 6) is 1.43. The van der Waals surface area contributed by atoms with Gasteiger partial charge in [0.25, 0.3) is 0 Å². The molecule has 5 aromatic rings. The molecule has 1 atom stereocenters. The van der Waals surface area contributed by atoms with Gasteiger partial charge < -0.3 is 20.4 Å². The zero-order valence-corrected chi connectivity index (χ0v) is 22.3. The maximum absolute atomic E-state index is 13.0. The summed E-state index contributed by atoms with van der Waals surface area (Å²) in [7, 11) is 0. The summed E-state index contributed by atoms with van der Waals surface area (Å²) in [5, 5.41) is 0.919. The van der Waals surface area contributed by atoms with E-state index in [1.165, 1.54) is 5.56 Å². The van der Waals surface area contributed by atoms with Crippen LogP contribution in [0.25, 0.3) is 21.5 Å². The van der Waals surface area contributed by atoms with Crippen LogP contribution in [0.1, 0.15) is 11.1 Å². The van der Waals surface area contributed by atoms with E-state index in [0.29, 0.717) is 25.3 Å². The number of nitrogens with zero attached hydrogens (tertiary/aromatic N) is 4. The number of pyridine rings is 1. The van der Waals surface area contributed by atoms with Crippen LogP contribution in [0.4, 0.5) is 0 Å². The number of amides is 1. The number of carbonyl (C=O) groups is 1. The maximum Gasteiger partial charge on any atom is 0.239 e. The molecule has 39 heavy (non-hydrogen) atoms. The molecule has 2 aromatic carbocycles. The summed E-state index contributed by atoms with van der Waals surface area (Å²) in [6.45, 7) is 4.02. The Morgan fingerprint density at radius 1 is 1.03 bits per heavy atom. The molecular weight excluding hydrogens is 508 g/mol.